The minimum atomic E-state index is -0.331. The van der Waals surface area contributed by atoms with E-state index in [-0.39, 0.29) is 11.6 Å². The van der Waals surface area contributed by atoms with Gasteiger partial charge >= 0.3 is 0 Å². The zero-order valence-electron chi connectivity index (χ0n) is 12.9. The van der Waals surface area contributed by atoms with E-state index in [1.807, 2.05) is 22.8 Å². The molecule has 4 nitrogen and oxygen atoms in total. The number of aryl methyl sites for hydroxylation is 1. The van der Waals surface area contributed by atoms with Crippen molar-refractivity contribution in [3.8, 4) is 17.5 Å². The number of nitriles is 1. The molecule has 1 heterocycles. The summed E-state index contributed by atoms with van der Waals surface area (Å²) < 4.78 is 16.0. The van der Waals surface area contributed by atoms with E-state index in [4.69, 9.17) is 5.26 Å². The highest BCUT2D eigenvalue weighted by molar-refractivity contribution is 7.99. The first kappa shape index (κ1) is 16.2. The van der Waals surface area contributed by atoms with Crippen LogP contribution in [0.1, 0.15) is 5.56 Å². The van der Waals surface area contributed by atoms with Gasteiger partial charge in [-0.15, -0.1) is 10.2 Å². The first-order valence-corrected chi connectivity index (χ1v) is 8.50. The van der Waals surface area contributed by atoms with Gasteiger partial charge in [-0.1, -0.05) is 54.2 Å². The Hall–Kier alpha value is -2.65. The van der Waals surface area contributed by atoms with E-state index < -0.39 is 0 Å². The van der Waals surface area contributed by atoms with Crippen LogP contribution in [-0.4, -0.2) is 20.5 Å². The highest BCUT2D eigenvalue weighted by Gasteiger charge is 2.16. The maximum Gasteiger partial charge on any atom is 0.192 e. The number of hydrogen-bond donors (Lipinski definition) is 0. The maximum atomic E-state index is 14.1. The molecule has 0 aliphatic rings. The number of hydrogen-bond acceptors (Lipinski definition) is 4. The lowest BCUT2D eigenvalue weighted by Gasteiger charge is -2.10. The predicted octanol–water partition coefficient (Wildman–Crippen LogP) is 3.94. The number of thioether (sulfide) groups is 1. The van der Waals surface area contributed by atoms with Crippen LogP contribution >= 0.6 is 11.8 Å². The van der Waals surface area contributed by atoms with Crippen molar-refractivity contribution in [3.63, 3.8) is 0 Å². The fourth-order valence-electron chi connectivity index (χ4n) is 2.42. The Bertz CT molecular complexity index is 855. The van der Waals surface area contributed by atoms with Crippen molar-refractivity contribution in [1.29, 1.82) is 5.26 Å². The van der Waals surface area contributed by atoms with Gasteiger partial charge in [-0.25, -0.2) is 4.39 Å². The summed E-state index contributed by atoms with van der Waals surface area (Å²) in [5.74, 6) is 0.438. The van der Waals surface area contributed by atoms with Crippen LogP contribution in [0.2, 0.25) is 0 Å². The fourth-order valence-corrected chi connectivity index (χ4v) is 3.05. The van der Waals surface area contributed by atoms with Gasteiger partial charge in [0, 0.05) is 6.54 Å². The maximum absolute atomic E-state index is 14.1. The van der Waals surface area contributed by atoms with Gasteiger partial charge in [0.2, 0.25) is 0 Å². The first-order valence-electron chi connectivity index (χ1n) is 7.51. The second-order valence-electron chi connectivity index (χ2n) is 5.12. The zero-order chi connectivity index (χ0) is 16.8. The molecule has 0 bridgehead atoms. The van der Waals surface area contributed by atoms with Gasteiger partial charge in [-0.3, -0.25) is 0 Å². The van der Waals surface area contributed by atoms with E-state index in [0.717, 1.165) is 6.42 Å². The Labute approximate surface area is 144 Å². The molecule has 0 fully saturated rings. The normalized spacial score (nSPS) is 10.5. The number of nitrogens with zero attached hydrogens (tertiary/aromatic N) is 4. The van der Waals surface area contributed by atoms with Crippen LogP contribution in [0.3, 0.4) is 0 Å². The van der Waals surface area contributed by atoms with E-state index in [1.165, 1.54) is 23.4 Å². The molecular formula is C18H15FN4S. The largest absolute Gasteiger partial charge is 0.302 e. The topological polar surface area (TPSA) is 54.5 Å². The molecular weight excluding hydrogens is 323 g/mol. The summed E-state index contributed by atoms with van der Waals surface area (Å²) in [6.07, 6.45) is 0.778. The highest BCUT2D eigenvalue weighted by atomic mass is 32.2. The first-order chi connectivity index (χ1) is 11.8. The lowest BCUT2D eigenvalue weighted by molar-refractivity contribution is 0.616. The van der Waals surface area contributed by atoms with Crippen molar-refractivity contribution in [2.75, 3.05) is 5.75 Å². The number of benzene rings is 2. The molecule has 6 heteroatoms. The molecule has 0 saturated carbocycles. The van der Waals surface area contributed by atoms with Crippen molar-refractivity contribution in [1.82, 2.24) is 14.8 Å². The summed E-state index contributed by atoms with van der Waals surface area (Å²) in [5.41, 5.74) is 1.60. The average molecular weight is 338 g/mol. The van der Waals surface area contributed by atoms with Gasteiger partial charge < -0.3 is 4.57 Å². The lowest BCUT2D eigenvalue weighted by atomic mass is 10.1. The molecule has 2 aromatic carbocycles. The Morgan fingerprint density at radius 1 is 1.04 bits per heavy atom. The van der Waals surface area contributed by atoms with Gasteiger partial charge in [0.05, 0.1) is 17.4 Å². The Balaban J connectivity index is 1.93. The minimum Gasteiger partial charge on any atom is -0.302 e. The smallest absolute Gasteiger partial charge is 0.192 e. The second kappa shape index (κ2) is 7.75. The van der Waals surface area contributed by atoms with Crippen LogP contribution < -0.4 is 0 Å². The average Bonchev–Trinajstić information content (AvgIpc) is 3.02. The standard InChI is InChI=1S/C18H15FN4S/c19-16-9-5-4-8-15(16)17-21-22-18(24-13-11-20)23(17)12-10-14-6-2-1-3-7-14/h1-9H,10,12-13H2. The van der Waals surface area contributed by atoms with Crippen LogP contribution in [-0.2, 0) is 13.0 Å². The molecule has 120 valence electrons. The van der Waals surface area contributed by atoms with Crippen LogP contribution in [0, 0.1) is 17.1 Å². The summed E-state index contributed by atoms with van der Waals surface area (Å²) >= 11 is 1.31. The van der Waals surface area contributed by atoms with Gasteiger partial charge in [-0.05, 0) is 24.1 Å². The Morgan fingerprint density at radius 2 is 1.79 bits per heavy atom. The summed E-state index contributed by atoms with van der Waals surface area (Å²) in [5, 5.41) is 17.7. The SMILES string of the molecule is N#CCSc1nnc(-c2ccccc2F)n1CCc1ccccc1. The molecule has 0 aliphatic carbocycles. The quantitative estimate of drug-likeness (QED) is 0.639. The summed E-state index contributed by atoms with van der Waals surface area (Å²) in [4.78, 5) is 0. The van der Waals surface area contributed by atoms with Crippen molar-refractivity contribution < 1.29 is 4.39 Å². The third kappa shape index (κ3) is 3.63. The number of rotatable bonds is 6. The summed E-state index contributed by atoms with van der Waals surface area (Å²) in [6, 6.07) is 18.7. The molecule has 0 atom stereocenters. The third-order valence-electron chi connectivity index (χ3n) is 3.56. The van der Waals surface area contributed by atoms with Crippen LogP contribution in [0.4, 0.5) is 4.39 Å². The Kier molecular flexibility index (Phi) is 5.24. The Morgan fingerprint density at radius 3 is 2.54 bits per heavy atom. The minimum absolute atomic E-state index is 0.279. The van der Waals surface area contributed by atoms with Gasteiger partial charge in [-0.2, -0.15) is 5.26 Å². The number of halogens is 1. The molecule has 3 rings (SSSR count). The molecule has 24 heavy (non-hydrogen) atoms. The summed E-state index contributed by atoms with van der Waals surface area (Å²) in [7, 11) is 0. The van der Waals surface area contributed by atoms with Crippen LogP contribution in [0.25, 0.3) is 11.4 Å². The molecule has 1 aromatic heterocycles. The van der Waals surface area contributed by atoms with Gasteiger partial charge in [0.1, 0.15) is 5.82 Å². The van der Waals surface area contributed by atoms with Crippen molar-refractivity contribution in [3.05, 3.63) is 66.0 Å². The fraction of sp³-hybridized carbons (Fsp3) is 0.167. The van der Waals surface area contributed by atoms with Crippen LogP contribution in [0.5, 0.6) is 0 Å². The molecule has 0 aliphatic heterocycles. The monoisotopic (exact) mass is 338 g/mol. The van der Waals surface area contributed by atoms with E-state index >= 15 is 0 Å². The van der Waals surface area contributed by atoms with Crippen molar-refractivity contribution >= 4 is 11.8 Å². The van der Waals surface area contributed by atoms with E-state index in [9.17, 15) is 4.39 Å². The van der Waals surface area contributed by atoms with E-state index in [0.29, 0.717) is 23.1 Å². The predicted molar refractivity (Wildman–Crippen MR) is 91.9 cm³/mol. The molecule has 3 aromatic rings. The summed E-state index contributed by atoms with van der Waals surface area (Å²) in [6.45, 7) is 0.619. The molecule has 0 spiro atoms. The third-order valence-corrected chi connectivity index (χ3v) is 4.40. The molecule has 0 saturated heterocycles. The number of aromatic nitrogens is 3. The second-order valence-corrected chi connectivity index (χ2v) is 6.06. The molecule has 0 amide bonds. The molecule has 0 radical (unpaired) electrons. The highest BCUT2D eigenvalue weighted by Crippen LogP contribution is 2.26. The van der Waals surface area contributed by atoms with Crippen LogP contribution in [0.15, 0.2) is 59.8 Å². The van der Waals surface area contributed by atoms with Crippen molar-refractivity contribution in [2.24, 2.45) is 0 Å². The molecule has 0 unspecified atom stereocenters. The van der Waals surface area contributed by atoms with Crippen molar-refractivity contribution in [2.45, 2.75) is 18.1 Å². The van der Waals surface area contributed by atoms with Gasteiger partial charge in [0.15, 0.2) is 11.0 Å². The van der Waals surface area contributed by atoms with E-state index in [2.05, 4.69) is 28.4 Å². The van der Waals surface area contributed by atoms with E-state index in [1.54, 1.807) is 18.2 Å². The lowest BCUT2D eigenvalue weighted by Crippen LogP contribution is -2.06. The zero-order valence-corrected chi connectivity index (χ0v) is 13.7. The molecule has 0 N–H and O–H groups in total. The van der Waals surface area contributed by atoms with Gasteiger partial charge in [0.25, 0.3) is 0 Å².